The molecule has 0 atom stereocenters. The lowest BCUT2D eigenvalue weighted by Gasteiger charge is -2.02. The minimum atomic E-state index is -0.135. The molecule has 0 radical (unpaired) electrons. The summed E-state index contributed by atoms with van der Waals surface area (Å²) in [5.41, 5.74) is 1.23. The Morgan fingerprint density at radius 1 is 1.24 bits per heavy atom. The number of aromatic nitrogens is 5. The second kappa shape index (κ2) is 3.51. The van der Waals surface area contributed by atoms with Crippen molar-refractivity contribution in [1.82, 2.24) is 24.3 Å². The SMILES string of the molecule is Cn1cc(-n2cc3cncnc3cc2=O)cn1. The van der Waals surface area contributed by atoms with Crippen molar-refractivity contribution in [2.24, 2.45) is 7.05 Å². The van der Waals surface area contributed by atoms with Crippen LogP contribution in [0.25, 0.3) is 16.6 Å². The molecule has 6 nitrogen and oxygen atoms in total. The first-order valence-corrected chi connectivity index (χ1v) is 5.05. The largest absolute Gasteiger partial charge is 0.280 e. The van der Waals surface area contributed by atoms with E-state index in [9.17, 15) is 4.79 Å². The van der Waals surface area contributed by atoms with Crippen molar-refractivity contribution in [3.8, 4) is 5.69 Å². The molecule has 17 heavy (non-hydrogen) atoms. The van der Waals surface area contributed by atoms with Gasteiger partial charge in [0.05, 0.1) is 17.4 Å². The van der Waals surface area contributed by atoms with E-state index in [0.29, 0.717) is 5.52 Å². The van der Waals surface area contributed by atoms with Crippen molar-refractivity contribution >= 4 is 10.9 Å². The van der Waals surface area contributed by atoms with E-state index in [1.54, 1.807) is 36.5 Å². The lowest BCUT2D eigenvalue weighted by molar-refractivity contribution is 0.767. The van der Waals surface area contributed by atoms with Gasteiger partial charge in [-0.2, -0.15) is 5.10 Å². The summed E-state index contributed by atoms with van der Waals surface area (Å²) in [6, 6.07) is 1.49. The van der Waals surface area contributed by atoms with Gasteiger partial charge in [0.2, 0.25) is 0 Å². The van der Waals surface area contributed by atoms with Gasteiger partial charge >= 0.3 is 0 Å². The Bertz CT molecular complexity index is 743. The van der Waals surface area contributed by atoms with E-state index < -0.39 is 0 Å². The zero-order valence-electron chi connectivity index (χ0n) is 9.11. The summed E-state index contributed by atoms with van der Waals surface area (Å²) in [4.78, 5) is 19.9. The van der Waals surface area contributed by atoms with E-state index in [1.165, 1.54) is 17.0 Å². The number of pyridine rings is 1. The Kier molecular flexibility index (Phi) is 2.01. The maximum atomic E-state index is 11.9. The van der Waals surface area contributed by atoms with Crippen molar-refractivity contribution in [3.05, 3.63) is 47.5 Å². The fourth-order valence-corrected chi connectivity index (χ4v) is 1.69. The maximum Gasteiger partial charge on any atom is 0.257 e. The second-order valence-electron chi connectivity index (χ2n) is 3.72. The summed E-state index contributed by atoms with van der Waals surface area (Å²) in [5.74, 6) is 0. The van der Waals surface area contributed by atoms with Crippen molar-refractivity contribution in [3.63, 3.8) is 0 Å². The molecular weight excluding hydrogens is 218 g/mol. The molecule has 0 amide bonds. The van der Waals surface area contributed by atoms with Crippen LogP contribution < -0.4 is 5.56 Å². The number of fused-ring (bicyclic) bond motifs is 1. The lowest BCUT2D eigenvalue weighted by Crippen LogP contribution is -2.16. The predicted molar refractivity (Wildman–Crippen MR) is 61.9 cm³/mol. The van der Waals surface area contributed by atoms with Crippen molar-refractivity contribution in [2.75, 3.05) is 0 Å². The molecule has 0 fully saturated rings. The third-order valence-electron chi connectivity index (χ3n) is 2.51. The Morgan fingerprint density at radius 3 is 2.88 bits per heavy atom. The minimum absolute atomic E-state index is 0.135. The smallest absolute Gasteiger partial charge is 0.257 e. The summed E-state index contributed by atoms with van der Waals surface area (Å²) in [7, 11) is 1.80. The molecule has 3 aromatic heterocycles. The van der Waals surface area contributed by atoms with E-state index in [4.69, 9.17) is 0 Å². The highest BCUT2D eigenvalue weighted by Crippen LogP contribution is 2.09. The Labute approximate surface area is 96.2 Å². The van der Waals surface area contributed by atoms with Crippen LogP contribution in [0.2, 0.25) is 0 Å². The molecule has 0 saturated carbocycles. The molecule has 0 aromatic carbocycles. The second-order valence-corrected chi connectivity index (χ2v) is 3.72. The third-order valence-corrected chi connectivity index (χ3v) is 2.51. The molecular formula is C11H9N5O. The number of nitrogens with zero attached hydrogens (tertiary/aromatic N) is 5. The number of aryl methyl sites for hydroxylation is 1. The van der Waals surface area contributed by atoms with Crippen LogP contribution in [0, 0.1) is 0 Å². The van der Waals surface area contributed by atoms with Gasteiger partial charge in [-0.05, 0) is 0 Å². The topological polar surface area (TPSA) is 65.6 Å². The molecule has 0 aliphatic rings. The molecule has 3 heterocycles. The average Bonchev–Trinajstić information content (AvgIpc) is 2.75. The van der Waals surface area contributed by atoms with Crippen LogP contribution in [0.15, 0.2) is 42.0 Å². The predicted octanol–water partition coefficient (Wildman–Crippen LogP) is 0.514. The van der Waals surface area contributed by atoms with Crippen LogP contribution in [0.5, 0.6) is 0 Å². The van der Waals surface area contributed by atoms with Gasteiger partial charge in [0.1, 0.15) is 6.33 Å². The molecule has 3 rings (SSSR count). The van der Waals surface area contributed by atoms with Gasteiger partial charge in [-0.3, -0.25) is 14.0 Å². The lowest BCUT2D eigenvalue weighted by atomic mass is 10.3. The maximum absolute atomic E-state index is 11.9. The third kappa shape index (κ3) is 1.59. The monoisotopic (exact) mass is 227 g/mol. The van der Waals surface area contributed by atoms with Gasteiger partial charge < -0.3 is 0 Å². The van der Waals surface area contributed by atoms with Crippen molar-refractivity contribution < 1.29 is 0 Å². The van der Waals surface area contributed by atoms with Gasteiger partial charge in [-0.15, -0.1) is 0 Å². The number of hydrogen-bond acceptors (Lipinski definition) is 4. The molecule has 0 unspecified atom stereocenters. The van der Waals surface area contributed by atoms with Crippen LogP contribution in [-0.2, 0) is 7.05 Å². The molecule has 0 spiro atoms. The molecule has 3 aromatic rings. The fraction of sp³-hybridized carbons (Fsp3) is 0.0909. The van der Waals surface area contributed by atoms with E-state index >= 15 is 0 Å². The van der Waals surface area contributed by atoms with E-state index in [-0.39, 0.29) is 5.56 Å². The Hall–Kier alpha value is -2.50. The molecule has 0 aliphatic carbocycles. The number of rotatable bonds is 1. The Balaban J connectivity index is 2.30. The van der Waals surface area contributed by atoms with Crippen LogP contribution in [-0.4, -0.2) is 24.3 Å². The highest BCUT2D eigenvalue weighted by atomic mass is 16.1. The highest BCUT2D eigenvalue weighted by Gasteiger charge is 2.04. The summed E-state index contributed by atoms with van der Waals surface area (Å²) < 4.78 is 3.17. The van der Waals surface area contributed by atoms with Crippen LogP contribution in [0.3, 0.4) is 0 Å². The van der Waals surface area contributed by atoms with Crippen molar-refractivity contribution in [2.45, 2.75) is 0 Å². The standard InChI is InChI=1S/C11H9N5O/c1-15-6-9(4-14-15)16-5-8-3-12-7-13-10(8)2-11(16)17/h2-7H,1H3. The van der Waals surface area contributed by atoms with Gasteiger partial charge in [0, 0.05) is 37.1 Å². The van der Waals surface area contributed by atoms with Gasteiger partial charge in [-0.25, -0.2) is 9.97 Å². The highest BCUT2D eigenvalue weighted by molar-refractivity contribution is 5.76. The van der Waals surface area contributed by atoms with Gasteiger partial charge in [0.15, 0.2) is 0 Å². The van der Waals surface area contributed by atoms with Crippen LogP contribution >= 0.6 is 0 Å². The normalized spacial score (nSPS) is 10.9. The fourth-order valence-electron chi connectivity index (χ4n) is 1.69. The molecule has 6 heteroatoms. The first-order chi connectivity index (χ1) is 8.24. The summed E-state index contributed by atoms with van der Waals surface area (Å²) in [5, 5.41) is 4.86. The average molecular weight is 227 g/mol. The number of hydrogen-bond donors (Lipinski definition) is 0. The molecule has 0 N–H and O–H groups in total. The molecule has 0 aliphatic heterocycles. The molecule has 84 valence electrons. The van der Waals surface area contributed by atoms with E-state index in [0.717, 1.165) is 11.1 Å². The quantitative estimate of drug-likeness (QED) is 0.607. The van der Waals surface area contributed by atoms with Crippen molar-refractivity contribution in [1.29, 1.82) is 0 Å². The summed E-state index contributed by atoms with van der Waals surface area (Å²) in [6.07, 6.45) is 8.23. The molecule has 0 bridgehead atoms. The van der Waals surface area contributed by atoms with Crippen LogP contribution in [0.1, 0.15) is 0 Å². The van der Waals surface area contributed by atoms with Gasteiger partial charge in [-0.1, -0.05) is 0 Å². The minimum Gasteiger partial charge on any atom is -0.280 e. The molecule has 0 saturated heterocycles. The first-order valence-electron chi connectivity index (χ1n) is 5.05. The van der Waals surface area contributed by atoms with Gasteiger partial charge in [0.25, 0.3) is 5.56 Å². The van der Waals surface area contributed by atoms with E-state index in [2.05, 4.69) is 15.1 Å². The zero-order chi connectivity index (χ0) is 11.8. The van der Waals surface area contributed by atoms with Crippen LogP contribution in [0.4, 0.5) is 0 Å². The first kappa shape index (κ1) is 9.71. The summed E-state index contributed by atoms with van der Waals surface area (Å²) >= 11 is 0. The Morgan fingerprint density at radius 2 is 2.12 bits per heavy atom. The summed E-state index contributed by atoms with van der Waals surface area (Å²) in [6.45, 7) is 0. The zero-order valence-corrected chi connectivity index (χ0v) is 9.11. The van der Waals surface area contributed by atoms with E-state index in [1.807, 2.05) is 0 Å².